The number of benzene rings is 4. The average molecular weight is 421 g/mol. The van der Waals surface area contributed by atoms with E-state index in [9.17, 15) is 4.79 Å². The minimum atomic E-state index is -0.253. The molecule has 1 N–H and O–H groups in total. The van der Waals surface area contributed by atoms with Crippen molar-refractivity contribution >= 4 is 12.1 Å². The highest BCUT2D eigenvalue weighted by Crippen LogP contribution is 2.22. The van der Waals surface area contributed by atoms with Crippen LogP contribution in [0.2, 0.25) is 0 Å². The van der Waals surface area contributed by atoms with Crippen LogP contribution in [0.4, 0.5) is 0 Å². The Labute approximate surface area is 188 Å². The molecule has 0 aliphatic carbocycles. The molecule has 32 heavy (non-hydrogen) atoms. The second kappa shape index (κ2) is 10.7. The van der Waals surface area contributed by atoms with Crippen molar-refractivity contribution in [1.29, 1.82) is 0 Å². The summed E-state index contributed by atoms with van der Waals surface area (Å²) >= 11 is 0. The van der Waals surface area contributed by atoms with Gasteiger partial charge in [0.1, 0.15) is 12.4 Å². The molecule has 0 spiro atoms. The van der Waals surface area contributed by atoms with E-state index in [0.29, 0.717) is 12.2 Å². The van der Waals surface area contributed by atoms with E-state index in [4.69, 9.17) is 4.74 Å². The summed E-state index contributed by atoms with van der Waals surface area (Å²) in [5.41, 5.74) is 6.40. The van der Waals surface area contributed by atoms with Crippen molar-refractivity contribution in [2.24, 2.45) is 5.10 Å². The summed E-state index contributed by atoms with van der Waals surface area (Å²) in [6.45, 7) is 0.444. The van der Waals surface area contributed by atoms with Crippen molar-refractivity contribution in [3.8, 4) is 5.75 Å². The number of nitrogens with one attached hydrogen (secondary N) is 1. The molecule has 4 heteroatoms. The van der Waals surface area contributed by atoms with Gasteiger partial charge >= 0.3 is 0 Å². The van der Waals surface area contributed by atoms with Gasteiger partial charge in [0.25, 0.3) is 5.91 Å². The number of hydrazone groups is 1. The largest absolute Gasteiger partial charge is 0.489 e. The van der Waals surface area contributed by atoms with Crippen molar-refractivity contribution in [2.75, 3.05) is 0 Å². The fourth-order valence-electron chi connectivity index (χ4n) is 3.36. The third-order valence-corrected chi connectivity index (χ3v) is 5.07. The first-order valence-electron chi connectivity index (χ1n) is 10.5. The highest BCUT2D eigenvalue weighted by molar-refractivity contribution is 5.94. The molecule has 0 radical (unpaired) electrons. The van der Waals surface area contributed by atoms with Crippen LogP contribution >= 0.6 is 0 Å². The third-order valence-electron chi connectivity index (χ3n) is 5.07. The Morgan fingerprint density at radius 2 is 1.28 bits per heavy atom. The summed E-state index contributed by atoms with van der Waals surface area (Å²) in [6.07, 6.45) is 1.77. The average Bonchev–Trinajstić information content (AvgIpc) is 2.87. The standard InChI is InChI=1S/C28H24N2O2/c31-28(25-18-16-22(17-19-25)21-32-26-14-8-3-9-15-26)30-29-20-27(23-10-4-1-5-11-23)24-12-6-2-7-13-24/h1-20,27H,21H2,(H,30,31)/b29-20-. The monoisotopic (exact) mass is 420 g/mol. The van der Waals surface area contributed by atoms with Gasteiger partial charge < -0.3 is 4.74 Å². The molecule has 4 rings (SSSR count). The molecule has 0 heterocycles. The number of nitrogens with zero attached hydrogens (tertiary/aromatic N) is 1. The first-order chi connectivity index (χ1) is 15.8. The molecule has 0 saturated carbocycles. The molecular weight excluding hydrogens is 396 g/mol. The highest BCUT2D eigenvalue weighted by Gasteiger charge is 2.11. The fraction of sp³-hybridized carbons (Fsp3) is 0.0714. The zero-order valence-electron chi connectivity index (χ0n) is 17.6. The van der Waals surface area contributed by atoms with Gasteiger partial charge in [-0.1, -0.05) is 91.0 Å². The SMILES string of the molecule is O=C(N/N=C\C(c1ccccc1)c1ccccc1)c1ccc(COc2ccccc2)cc1. The highest BCUT2D eigenvalue weighted by atomic mass is 16.5. The number of hydrogen-bond donors (Lipinski definition) is 1. The predicted molar refractivity (Wildman–Crippen MR) is 128 cm³/mol. The van der Waals surface area contributed by atoms with E-state index in [2.05, 4.69) is 34.8 Å². The second-order valence-corrected chi connectivity index (χ2v) is 7.32. The van der Waals surface area contributed by atoms with Crippen LogP contribution in [0.25, 0.3) is 0 Å². The van der Waals surface area contributed by atoms with Crippen LogP contribution < -0.4 is 10.2 Å². The summed E-state index contributed by atoms with van der Waals surface area (Å²) in [6, 6.07) is 37.2. The maximum Gasteiger partial charge on any atom is 0.271 e. The lowest BCUT2D eigenvalue weighted by atomic mass is 9.92. The third kappa shape index (κ3) is 5.70. The molecule has 0 aromatic heterocycles. The summed E-state index contributed by atoms with van der Waals surface area (Å²) in [5.74, 6) is 0.516. The van der Waals surface area contributed by atoms with E-state index in [-0.39, 0.29) is 11.8 Å². The van der Waals surface area contributed by atoms with Gasteiger partial charge in [0.2, 0.25) is 0 Å². The van der Waals surface area contributed by atoms with E-state index in [1.165, 1.54) is 0 Å². The van der Waals surface area contributed by atoms with Gasteiger partial charge in [0.15, 0.2) is 0 Å². The van der Waals surface area contributed by atoms with E-state index in [0.717, 1.165) is 22.4 Å². The van der Waals surface area contributed by atoms with Crippen LogP contribution in [-0.4, -0.2) is 12.1 Å². The first-order valence-corrected chi connectivity index (χ1v) is 10.5. The van der Waals surface area contributed by atoms with Crippen molar-refractivity contribution in [3.05, 3.63) is 138 Å². The van der Waals surface area contributed by atoms with Gasteiger partial charge in [0.05, 0.1) is 0 Å². The van der Waals surface area contributed by atoms with E-state index in [1.807, 2.05) is 78.9 Å². The molecule has 4 aromatic carbocycles. The summed E-state index contributed by atoms with van der Waals surface area (Å²) in [5, 5.41) is 4.25. The lowest BCUT2D eigenvalue weighted by Crippen LogP contribution is -2.18. The lowest BCUT2D eigenvalue weighted by Gasteiger charge is -2.13. The molecule has 0 atom stereocenters. The number of amides is 1. The van der Waals surface area contributed by atoms with Crippen molar-refractivity contribution in [1.82, 2.24) is 5.43 Å². The number of hydrogen-bond acceptors (Lipinski definition) is 3. The Morgan fingerprint density at radius 1 is 0.750 bits per heavy atom. The Morgan fingerprint density at radius 3 is 1.84 bits per heavy atom. The first kappa shape index (κ1) is 21.1. The smallest absolute Gasteiger partial charge is 0.271 e. The van der Waals surface area contributed by atoms with Gasteiger partial charge in [-0.3, -0.25) is 4.79 Å². The van der Waals surface area contributed by atoms with E-state index in [1.54, 1.807) is 18.3 Å². The lowest BCUT2D eigenvalue weighted by molar-refractivity contribution is 0.0955. The number of para-hydroxylation sites is 1. The van der Waals surface area contributed by atoms with Crippen LogP contribution in [0.3, 0.4) is 0 Å². The summed E-state index contributed by atoms with van der Waals surface area (Å²) in [7, 11) is 0. The molecule has 0 bridgehead atoms. The maximum absolute atomic E-state index is 12.5. The van der Waals surface area contributed by atoms with Crippen LogP contribution in [0, 0.1) is 0 Å². The minimum absolute atomic E-state index is 0.0461. The molecule has 1 amide bonds. The zero-order valence-corrected chi connectivity index (χ0v) is 17.6. The molecule has 4 aromatic rings. The number of carbonyl (C=O) groups is 1. The van der Waals surface area contributed by atoms with Gasteiger partial charge in [-0.25, -0.2) is 5.43 Å². The molecule has 158 valence electrons. The van der Waals surface area contributed by atoms with Crippen molar-refractivity contribution in [2.45, 2.75) is 12.5 Å². The van der Waals surface area contributed by atoms with Gasteiger partial charge in [-0.05, 0) is 41.0 Å². The Hall–Kier alpha value is -4.18. The molecule has 0 fully saturated rings. The second-order valence-electron chi connectivity index (χ2n) is 7.32. The van der Waals surface area contributed by atoms with Crippen LogP contribution in [0.1, 0.15) is 33.0 Å². The van der Waals surface area contributed by atoms with Crippen molar-refractivity contribution < 1.29 is 9.53 Å². The topological polar surface area (TPSA) is 50.7 Å². The molecule has 0 aliphatic heterocycles. The Bertz CT molecular complexity index is 1100. The van der Waals surface area contributed by atoms with Crippen molar-refractivity contribution in [3.63, 3.8) is 0 Å². The minimum Gasteiger partial charge on any atom is -0.489 e. The normalized spacial score (nSPS) is 10.9. The molecule has 0 aliphatic rings. The number of carbonyl (C=O) groups excluding carboxylic acids is 1. The van der Waals surface area contributed by atoms with Gasteiger partial charge in [-0.2, -0.15) is 5.10 Å². The molecular formula is C28H24N2O2. The predicted octanol–water partition coefficient (Wildman–Crippen LogP) is 5.81. The van der Waals surface area contributed by atoms with Crippen LogP contribution in [-0.2, 0) is 6.61 Å². The summed E-state index contributed by atoms with van der Waals surface area (Å²) in [4.78, 5) is 12.5. The van der Waals surface area contributed by atoms with E-state index < -0.39 is 0 Å². The zero-order chi connectivity index (χ0) is 22.0. The Kier molecular flexibility index (Phi) is 7.06. The van der Waals surface area contributed by atoms with Gasteiger partial charge in [0, 0.05) is 17.7 Å². The maximum atomic E-state index is 12.5. The molecule has 4 nitrogen and oxygen atoms in total. The number of rotatable bonds is 8. The van der Waals surface area contributed by atoms with Crippen LogP contribution in [0.15, 0.2) is 120 Å². The summed E-state index contributed by atoms with van der Waals surface area (Å²) < 4.78 is 5.74. The Balaban J connectivity index is 1.38. The molecule has 0 saturated heterocycles. The van der Waals surface area contributed by atoms with Gasteiger partial charge in [-0.15, -0.1) is 0 Å². The fourth-order valence-corrected chi connectivity index (χ4v) is 3.36. The van der Waals surface area contributed by atoms with Crippen LogP contribution in [0.5, 0.6) is 5.75 Å². The number of ether oxygens (including phenoxy) is 1. The molecule has 0 unspecified atom stereocenters. The quantitative estimate of drug-likeness (QED) is 0.289. The van der Waals surface area contributed by atoms with E-state index >= 15 is 0 Å².